The highest BCUT2D eigenvalue weighted by molar-refractivity contribution is 8.16. The van der Waals surface area contributed by atoms with Crippen LogP contribution in [0.5, 0.6) is 5.75 Å². The zero-order chi connectivity index (χ0) is 18.1. The zero-order valence-electron chi connectivity index (χ0n) is 14.3. The van der Waals surface area contributed by atoms with E-state index < -0.39 is 10.0 Å². The Bertz CT molecular complexity index is 1020. The summed E-state index contributed by atoms with van der Waals surface area (Å²) >= 11 is 3.64. The van der Waals surface area contributed by atoms with Crippen LogP contribution < -0.4 is 4.74 Å². The third kappa shape index (κ3) is 3.12. The van der Waals surface area contributed by atoms with E-state index in [0.29, 0.717) is 5.75 Å². The van der Waals surface area contributed by atoms with Crippen LogP contribution in [0.3, 0.4) is 0 Å². The van der Waals surface area contributed by atoms with Crippen molar-refractivity contribution in [2.24, 2.45) is 0 Å². The number of methoxy groups -OCH3 is 1. The lowest BCUT2D eigenvalue weighted by Gasteiger charge is -2.23. The number of ether oxygens (including phenoxy) is 1. The van der Waals surface area contributed by atoms with Gasteiger partial charge in [0.25, 0.3) is 10.0 Å². The largest absolute Gasteiger partial charge is 0.497 e. The standard InChI is InChI=1S/C19H19NO3S3/c1-23-15-7-9-16(10-8-15)26(21,22)20-17-6-3-2-5-14(17)13-18(20)19-24-11-4-12-25-19/h2-3,5-10,13,19H,4,11-12H2,1H3. The monoisotopic (exact) mass is 405 g/mol. The van der Waals surface area contributed by atoms with Gasteiger partial charge in [-0.25, -0.2) is 12.4 Å². The Kier molecular flexibility index (Phi) is 4.94. The molecule has 0 spiro atoms. The first-order chi connectivity index (χ1) is 12.6. The van der Waals surface area contributed by atoms with Crippen molar-refractivity contribution >= 4 is 44.4 Å². The highest BCUT2D eigenvalue weighted by atomic mass is 32.2. The van der Waals surface area contributed by atoms with Crippen molar-refractivity contribution in [2.45, 2.75) is 15.9 Å². The number of benzene rings is 2. The summed E-state index contributed by atoms with van der Waals surface area (Å²) in [5.41, 5.74) is 1.57. The minimum Gasteiger partial charge on any atom is -0.497 e. The second-order valence-corrected chi connectivity index (χ2v) is 10.5. The lowest BCUT2D eigenvalue weighted by molar-refractivity contribution is 0.414. The molecule has 4 rings (SSSR count). The molecule has 2 heterocycles. The summed E-state index contributed by atoms with van der Waals surface area (Å²) in [6, 6.07) is 16.3. The van der Waals surface area contributed by atoms with Crippen molar-refractivity contribution < 1.29 is 13.2 Å². The number of rotatable bonds is 4. The Balaban J connectivity index is 1.90. The van der Waals surface area contributed by atoms with Gasteiger partial charge in [-0.3, -0.25) is 0 Å². The Hall–Kier alpha value is -1.57. The highest BCUT2D eigenvalue weighted by Gasteiger charge is 2.28. The van der Waals surface area contributed by atoms with Gasteiger partial charge in [-0.05, 0) is 54.3 Å². The first-order valence-corrected chi connectivity index (χ1v) is 11.9. The van der Waals surface area contributed by atoms with Crippen LogP contribution in [0, 0.1) is 0 Å². The van der Waals surface area contributed by atoms with Crippen LogP contribution in [0.25, 0.3) is 10.9 Å². The van der Waals surface area contributed by atoms with E-state index in [1.165, 1.54) is 3.97 Å². The van der Waals surface area contributed by atoms with E-state index in [0.717, 1.165) is 34.5 Å². The van der Waals surface area contributed by atoms with Gasteiger partial charge in [-0.1, -0.05) is 18.2 Å². The molecule has 0 aliphatic carbocycles. The van der Waals surface area contributed by atoms with Crippen LogP contribution in [0.4, 0.5) is 0 Å². The summed E-state index contributed by atoms with van der Waals surface area (Å²) in [5.74, 6) is 2.75. The second kappa shape index (κ2) is 7.21. The topological polar surface area (TPSA) is 48.3 Å². The molecule has 26 heavy (non-hydrogen) atoms. The van der Waals surface area contributed by atoms with Crippen molar-refractivity contribution in [2.75, 3.05) is 18.6 Å². The van der Waals surface area contributed by atoms with Gasteiger partial charge in [-0.15, -0.1) is 23.5 Å². The number of para-hydroxylation sites is 1. The number of hydrogen-bond acceptors (Lipinski definition) is 5. The van der Waals surface area contributed by atoms with Crippen molar-refractivity contribution in [3.8, 4) is 5.75 Å². The van der Waals surface area contributed by atoms with Gasteiger partial charge in [0.1, 0.15) is 5.75 Å². The number of hydrogen-bond donors (Lipinski definition) is 0. The zero-order valence-corrected chi connectivity index (χ0v) is 16.7. The number of thioether (sulfide) groups is 2. The first kappa shape index (κ1) is 17.8. The van der Waals surface area contributed by atoms with Gasteiger partial charge in [0, 0.05) is 5.39 Å². The molecule has 0 saturated carbocycles. The van der Waals surface area contributed by atoms with Crippen LogP contribution in [0.1, 0.15) is 16.7 Å². The Morgan fingerprint density at radius 1 is 1.04 bits per heavy atom. The molecular weight excluding hydrogens is 386 g/mol. The fourth-order valence-electron chi connectivity index (χ4n) is 3.10. The normalized spacial score (nSPS) is 16.0. The van der Waals surface area contributed by atoms with Gasteiger partial charge >= 0.3 is 0 Å². The fourth-order valence-corrected chi connectivity index (χ4v) is 7.66. The molecule has 7 heteroatoms. The summed E-state index contributed by atoms with van der Waals surface area (Å²) in [5, 5.41) is 0.950. The lowest BCUT2D eigenvalue weighted by Crippen LogP contribution is -2.17. The van der Waals surface area contributed by atoms with Crippen LogP contribution in [0.15, 0.2) is 59.5 Å². The Morgan fingerprint density at radius 3 is 2.42 bits per heavy atom. The van der Waals surface area contributed by atoms with Crippen molar-refractivity contribution in [1.29, 1.82) is 0 Å². The second-order valence-electron chi connectivity index (χ2n) is 6.00. The molecule has 3 aromatic rings. The first-order valence-electron chi connectivity index (χ1n) is 8.34. The van der Waals surface area contributed by atoms with E-state index in [1.807, 2.05) is 53.9 Å². The van der Waals surface area contributed by atoms with E-state index in [9.17, 15) is 8.42 Å². The van der Waals surface area contributed by atoms with E-state index in [-0.39, 0.29) is 9.48 Å². The molecule has 0 bridgehead atoms. The van der Waals surface area contributed by atoms with Crippen LogP contribution in [-0.2, 0) is 10.0 Å². The van der Waals surface area contributed by atoms with E-state index in [4.69, 9.17) is 4.74 Å². The minimum atomic E-state index is -3.69. The van der Waals surface area contributed by atoms with Crippen LogP contribution >= 0.6 is 23.5 Å². The molecular formula is C19H19NO3S3. The predicted octanol–water partition coefficient (Wildman–Crippen LogP) is 4.76. The third-order valence-corrected chi connectivity index (χ3v) is 9.07. The number of aromatic nitrogens is 1. The maximum atomic E-state index is 13.5. The summed E-state index contributed by atoms with van der Waals surface area (Å²) < 4.78 is 33.8. The van der Waals surface area contributed by atoms with Crippen molar-refractivity contribution in [3.05, 3.63) is 60.3 Å². The molecule has 0 amide bonds. The van der Waals surface area contributed by atoms with E-state index >= 15 is 0 Å². The Labute approximate surface area is 162 Å². The maximum absolute atomic E-state index is 13.5. The molecule has 136 valence electrons. The molecule has 0 atom stereocenters. The quantitative estimate of drug-likeness (QED) is 0.627. The molecule has 0 radical (unpaired) electrons. The Morgan fingerprint density at radius 2 is 1.73 bits per heavy atom. The molecule has 0 N–H and O–H groups in total. The molecule has 0 unspecified atom stereocenters. The lowest BCUT2D eigenvalue weighted by atomic mass is 10.2. The van der Waals surface area contributed by atoms with Gasteiger partial charge in [0.2, 0.25) is 0 Å². The highest BCUT2D eigenvalue weighted by Crippen LogP contribution is 2.46. The fraction of sp³-hybridized carbons (Fsp3) is 0.263. The maximum Gasteiger partial charge on any atom is 0.268 e. The van der Waals surface area contributed by atoms with Gasteiger partial charge in [-0.2, -0.15) is 0 Å². The smallest absolute Gasteiger partial charge is 0.268 e. The molecule has 1 aliphatic heterocycles. The average molecular weight is 406 g/mol. The van der Waals surface area contributed by atoms with Gasteiger partial charge in [0.15, 0.2) is 0 Å². The van der Waals surface area contributed by atoms with Crippen LogP contribution in [-0.4, -0.2) is 31.0 Å². The molecule has 1 aliphatic rings. The minimum absolute atomic E-state index is 0.129. The number of nitrogens with zero attached hydrogens (tertiary/aromatic N) is 1. The van der Waals surface area contributed by atoms with Gasteiger partial charge in [0.05, 0.1) is 27.8 Å². The third-order valence-electron chi connectivity index (χ3n) is 4.36. The molecule has 4 nitrogen and oxygen atoms in total. The molecule has 1 fully saturated rings. The SMILES string of the molecule is COc1ccc(S(=O)(=O)n2c(C3SCCCS3)cc3ccccc32)cc1. The van der Waals surface area contributed by atoms with Crippen molar-refractivity contribution in [1.82, 2.24) is 3.97 Å². The van der Waals surface area contributed by atoms with Gasteiger partial charge < -0.3 is 4.74 Å². The molecule has 1 saturated heterocycles. The van der Waals surface area contributed by atoms with Crippen LogP contribution in [0.2, 0.25) is 0 Å². The van der Waals surface area contributed by atoms with E-state index in [1.54, 1.807) is 31.4 Å². The summed E-state index contributed by atoms with van der Waals surface area (Å²) in [6.45, 7) is 0. The predicted molar refractivity (Wildman–Crippen MR) is 110 cm³/mol. The number of fused-ring (bicyclic) bond motifs is 1. The molecule has 2 aromatic carbocycles. The van der Waals surface area contributed by atoms with E-state index in [2.05, 4.69) is 0 Å². The van der Waals surface area contributed by atoms with Crippen molar-refractivity contribution in [3.63, 3.8) is 0 Å². The molecule has 1 aromatic heterocycles. The average Bonchev–Trinajstić information content (AvgIpc) is 3.09. The summed E-state index contributed by atoms with van der Waals surface area (Å²) in [4.78, 5) is 0.270. The summed E-state index contributed by atoms with van der Waals surface area (Å²) in [7, 11) is -2.12. The summed E-state index contributed by atoms with van der Waals surface area (Å²) in [6.07, 6.45) is 1.16.